The first-order valence-corrected chi connectivity index (χ1v) is 8.76. The fraction of sp³-hybridized carbons (Fsp3) is 0.0909. The summed E-state index contributed by atoms with van der Waals surface area (Å²) < 4.78 is 10.3. The van der Waals surface area contributed by atoms with Crippen LogP contribution in [-0.2, 0) is 4.79 Å². The number of rotatable bonds is 5. The molecule has 0 radical (unpaired) electrons. The molecule has 0 aliphatic carbocycles. The monoisotopic (exact) mass is 392 g/mol. The zero-order valence-electron chi connectivity index (χ0n) is 15.3. The molecular formula is C22H17ClN2O3. The van der Waals surface area contributed by atoms with Crippen LogP contribution >= 0.6 is 11.6 Å². The molecule has 0 spiro atoms. The quantitative estimate of drug-likeness (QED) is 0.486. The van der Waals surface area contributed by atoms with Crippen molar-refractivity contribution >= 4 is 40.0 Å². The Bertz CT molecular complexity index is 1120. The van der Waals surface area contributed by atoms with Crippen LogP contribution in [0.3, 0.4) is 0 Å². The molecule has 0 heterocycles. The Balaban J connectivity index is 1.84. The first kappa shape index (κ1) is 19.3. The summed E-state index contributed by atoms with van der Waals surface area (Å²) >= 11 is 6.07. The molecule has 5 nitrogen and oxygen atoms in total. The normalized spacial score (nSPS) is 11.0. The summed E-state index contributed by atoms with van der Waals surface area (Å²) in [6.07, 6.45) is 1.55. The number of carbonyl (C=O) groups excluding carboxylic acids is 1. The molecule has 0 aromatic heterocycles. The largest absolute Gasteiger partial charge is 0.497 e. The summed E-state index contributed by atoms with van der Waals surface area (Å²) in [6.45, 7) is 0. The highest BCUT2D eigenvalue weighted by atomic mass is 35.5. The minimum atomic E-state index is -0.515. The van der Waals surface area contributed by atoms with Crippen LogP contribution in [0.2, 0.25) is 5.02 Å². The Morgan fingerprint density at radius 1 is 1.04 bits per heavy atom. The number of ether oxygens (including phenoxy) is 2. The van der Waals surface area contributed by atoms with E-state index < -0.39 is 5.91 Å². The summed E-state index contributed by atoms with van der Waals surface area (Å²) in [5, 5.41) is 14.4. The maximum absolute atomic E-state index is 12.5. The number of hydrogen-bond acceptors (Lipinski definition) is 4. The van der Waals surface area contributed by atoms with Gasteiger partial charge in [-0.05, 0) is 58.8 Å². The molecule has 0 aliphatic rings. The van der Waals surface area contributed by atoms with Gasteiger partial charge in [-0.15, -0.1) is 0 Å². The van der Waals surface area contributed by atoms with E-state index in [1.165, 1.54) is 7.11 Å². The van der Waals surface area contributed by atoms with Crippen LogP contribution in [0.4, 0.5) is 5.69 Å². The third-order valence-corrected chi connectivity index (χ3v) is 4.45. The molecule has 6 heteroatoms. The van der Waals surface area contributed by atoms with Gasteiger partial charge in [0.15, 0.2) is 0 Å². The summed E-state index contributed by atoms with van der Waals surface area (Å²) in [4.78, 5) is 12.5. The van der Waals surface area contributed by atoms with Gasteiger partial charge in [0.25, 0.3) is 5.91 Å². The van der Waals surface area contributed by atoms with Crippen LogP contribution in [0.5, 0.6) is 11.5 Å². The van der Waals surface area contributed by atoms with Crippen molar-refractivity contribution in [3.05, 3.63) is 70.8 Å². The number of anilines is 1. The number of carbonyl (C=O) groups is 1. The molecule has 0 bridgehead atoms. The number of nitriles is 1. The molecule has 0 aliphatic heterocycles. The van der Waals surface area contributed by atoms with E-state index >= 15 is 0 Å². The molecule has 3 rings (SSSR count). The van der Waals surface area contributed by atoms with Crippen molar-refractivity contribution < 1.29 is 14.3 Å². The summed E-state index contributed by atoms with van der Waals surface area (Å²) in [6, 6.07) is 18.2. The molecule has 0 fully saturated rings. The zero-order valence-corrected chi connectivity index (χ0v) is 16.1. The summed E-state index contributed by atoms with van der Waals surface area (Å²) in [5.41, 5.74) is 1.21. The van der Waals surface area contributed by atoms with Gasteiger partial charge in [-0.3, -0.25) is 4.79 Å². The predicted molar refractivity (Wildman–Crippen MR) is 111 cm³/mol. The fourth-order valence-electron chi connectivity index (χ4n) is 2.72. The van der Waals surface area contributed by atoms with Crippen molar-refractivity contribution in [3.8, 4) is 17.6 Å². The van der Waals surface area contributed by atoms with Crippen molar-refractivity contribution in [1.29, 1.82) is 5.26 Å². The molecule has 0 atom stereocenters. The van der Waals surface area contributed by atoms with E-state index in [-0.39, 0.29) is 5.57 Å². The number of nitrogens with one attached hydrogen (secondary N) is 1. The van der Waals surface area contributed by atoms with Gasteiger partial charge in [0.1, 0.15) is 23.1 Å². The van der Waals surface area contributed by atoms with Gasteiger partial charge >= 0.3 is 0 Å². The van der Waals surface area contributed by atoms with E-state index in [1.807, 2.05) is 42.5 Å². The minimum Gasteiger partial charge on any atom is -0.497 e. The number of benzene rings is 3. The van der Waals surface area contributed by atoms with E-state index in [4.69, 9.17) is 21.1 Å². The third kappa shape index (κ3) is 4.25. The minimum absolute atomic E-state index is 0.0141. The van der Waals surface area contributed by atoms with Gasteiger partial charge in [-0.1, -0.05) is 29.8 Å². The molecule has 0 saturated carbocycles. The molecule has 0 saturated heterocycles. The number of hydrogen-bond donors (Lipinski definition) is 1. The number of fused-ring (bicyclic) bond motifs is 1. The standard InChI is InChI=1S/C22H17ClN2O3/c1-27-19-7-5-15-9-14(3-4-16(15)11-19)10-17(13-24)22(26)25-18-6-8-21(28-2)20(23)12-18/h3-12H,1-2H3,(H,25,26)/b17-10+. The summed E-state index contributed by atoms with van der Waals surface area (Å²) in [5.74, 6) is 0.758. The van der Waals surface area contributed by atoms with Crippen LogP contribution < -0.4 is 14.8 Å². The molecule has 0 unspecified atom stereocenters. The predicted octanol–water partition coefficient (Wildman–Crippen LogP) is 5.06. The molecule has 1 amide bonds. The average Bonchev–Trinajstić information content (AvgIpc) is 2.71. The zero-order chi connectivity index (χ0) is 20.1. The van der Waals surface area contributed by atoms with E-state index in [1.54, 1.807) is 31.4 Å². The molecule has 28 heavy (non-hydrogen) atoms. The highest BCUT2D eigenvalue weighted by molar-refractivity contribution is 6.32. The van der Waals surface area contributed by atoms with Crippen LogP contribution in [0.15, 0.2) is 60.2 Å². The van der Waals surface area contributed by atoms with Crippen molar-refractivity contribution in [3.63, 3.8) is 0 Å². The third-order valence-electron chi connectivity index (χ3n) is 4.16. The van der Waals surface area contributed by atoms with Crippen molar-refractivity contribution in [1.82, 2.24) is 0 Å². The van der Waals surface area contributed by atoms with Gasteiger partial charge in [0, 0.05) is 5.69 Å². The molecule has 3 aromatic rings. The van der Waals surface area contributed by atoms with E-state index in [0.717, 1.165) is 22.1 Å². The smallest absolute Gasteiger partial charge is 0.266 e. The van der Waals surface area contributed by atoms with Gasteiger partial charge in [0.05, 0.1) is 19.2 Å². The Hall–Kier alpha value is -3.49. The Morgan fingerprint density at radius 2 is 1.79 bits per heavy atom. The number of halogens is 1. The van der Waals surface area contributed by atoms with E-state index in [0.29, 0.717) is 16.5 Å². The molecule has 140 valence electrons. The van der Waals surface area contributed by atoms with Crippen molar-refractivity contribution in [2.75, 3.05) is 19.5 Å². The van der Waals surface area contributed by atoms with E-state index in [9.17, 15) is 10.1 Å². The second-order valence-corrected chi connectivity index (χ2v) is 6.35. The topological polar surface area (TPSA) is 71.3 Å². The second-order valence-electron chi connectivity index (χ2n) is 5.95. The lowest BCUT2D eigenvalue weighted by Crippen LogP contribution is -2.13. The van der Waals surface area contributed by atoms with Gasteiger partial charge in [-0.25, -0.2) is 0 Å². The van der Waals surface area contributed by atoms with Gasteiger partial charge in [-0.2, -0.15) is 5.26 Å². The molecular weight excluding hydrogens is 376 g/mol. The lowest BCUT2D eigenvalue weighted by Gasteiger charge is -2.08. The van der Waals surface area contributed by atoms with Crippen molar-refractivity contribution in [2.24, 2.45) is 0 Å². The van der Waals surface area contributed by atoms with Gasteiger partial charge < -0.3 is 14.8 Å². The van der Waals surface area contributed by atoms with E-state index in [2.05, 4.69) is 5.32 Å². The van der Waals surface area contributed by atoms with Gasteiger partial charge in [0.2, 0.25) is 0 Å². The molecule has 1 N–H and O–H groups in total. The lowest BCUT2D eigenvalue weighted by atomic mass is 10.0. The first-order chi connectivity index (χ1) is 13.5. The first-order valence-electron chi connectivity index (χ1n) is 8.38. The van der Waals surface area contributed by atoms with Crippen molar-refractivity contribution in [2.45, 2.75) is 0 Å². The van der Waals surface area contributed by atoms with Crippen LogP contribution in [-0.4, -0.2) is 20.1 Å². The maximum Gasteiger partial charge on any atom is 0.266 e. The Kier molecular flexibility index (Phi) is 5.83. The van der Waals surface area contributed by atoms with Crippen LogP contribution in [0.1, 0.15) is 5.56 Å². The Morgan fingerprint density at radius 3 is 2.46 bits per heavy atom. The highest BCUT2D eigenvalue weighted by Crippen LogP contribution is 2.27. The maximum atomic E-state index is 12.5. The number of methoxy groups -OCH3 is 2. The van der Waals surface area contributed by atoms with Crippen LogP contribution in [0.25, 0.3) is 16.8 Å². The second kappa shape index (κ2) is 8.47. The Labute approximate surface area is 167 Å². The van der Waals surface area contributed by atoms with Crippen LogP contribution in [0, 0.1) is 11.3 Å². The number of amides is 1. The number of nitrogens with zero attached hydrogens (tertiary/aromatic N) is 1. The fourth-order valence-corrected chi connectivity index (χ4v) is 2.97. The summed E-state index contributed by atoms with van der Waals surface area (Å²) in [7, 11) is 3.13. The lowest BCUT2D eigenvalue weighted by molar-refractivity contribution is -0.112. The molecule has 3 aromatic carbocycles. The highest BCUT2D eigenvalue weighted by Gasteiger charge is 2.11. The average molecular weight is 393 g/mol. The SMILES string of the molecule is COc1ccc2cc(/C=C(\C#N)C(=O)Nc3ccc(OC)c(Cl)c3)ccc2c1.